The fraction of sp³-hybridized carbons (Fsp3) is 0.667. The molecule has 2 aliphatic rings. The average Bonchev–Trinajstić information content (AvgIpc) is 3.11. The number of nitrogens with zero attached hydrogens (tertiary/aromatic N) is 2. The molecule has 184 valence electrons. The largest absolute Gasteiger partial charge is 0.495 e. The molecule has 2 fully saturated rings. The topological polar surface area (TPSA) is 112 Å². The van der Waals surface area contributed by atoms with E-state index >= 15 is 0 Å². The highest BCUT2D eigenvalue weighted by molar-refractivity contribution is 5.78. The van der Waals surface area contributed by atoms with Crippen molar-refractivity contribution in [3.05, 3.63) is 24.3 Å². The summed E-state index contributed by atoms with van der Waals surface area (Å²) in [5, 5.41) is 23.6. The molecule has 0 bridgehead atoms. The predicted molar refractivity (Wildman–Crippen MR) is 124 cm³/mol. The van der Waals surface area contributed by atoms with Gasteiger partial charge in [0.15, 0.2) is 0 Å². The van der Waals surface area contributed by atoms with Gasteiger partial charge in [0.05, 0.1) is 25.3 Å². The fourth-order valence-corrected chi connectivity index (χ4v) is 4.56. The van der Waals surface area contributed by atoms with Gasteiger partial charge < -0.3 is 34.8 Å². The predicted octanol–water partition coefficient (Wildman–Crippen LogP) is 0.776. The van der Waals surface area contributed by atoms with Crippen LogP contribution in [0.25, 0.3) is 0 Å². The SMILES string of the molecule is CCC(CC)C(=O)NC[C@@H]1O[C@@H](CC(=O)N2CCN(c3ccccc3OC)CC2)[C@H](O)[C@@H]1O. The van der Waals surface area contributed by atoms with Crippen molar-refractivity contribution in [2.45, 2.75) is 57.5 Å². The van der Waals surface area contributed by atoms with E-state index in [0.717, 1.165) is 24.3 Å². The van der Waals surface area contributed by atoms with E-state index in [-0.39, 0.29) is 30.7 Å². The Kier molecular flexibility index (Phi) is 8.94. The summed E-state index contributed by atoms with van der Waals surface area (Å²) in [6, 6.07) is 7.81. The minimum Gasteiger partial charge on any atom is -0.495 e. The quantitative estimate of drug-likeness (QED) is 0.496. The Morgan fingerprint density at radius 1 is 1.09 bits per heavy atom. The third kappa shape index (κ3) is 5.96. The lowest BCUT2D eigenvalue weighted by Gasteiger charge is -2.37. The zero-order valence-electron chi connectivity index (χ0n) is 19.8. The van der Waals surface area contributed by atoms with E-state index in [1.807, 2.05) is 38.1 Å². The molecule has 0 radical (unpaired) electrons. The maximum Gasteiger partial charge on any atom is 0.225 e. The molecule has 0 aliphatic carbocycles. The van der Waals surface area contributed by atoms with Crippen LogP contribution in [0.5, 0.6) is 5.75 Å². The van der Waals surface area contributed by atoms with Crippen LogP contribution in [0, 0.1) is 5.92 Å². The van der Waals surface area contributed by atoms with Crippen LogP contribution < -0.4 is 15.0 Å². The summed E-state index contributed by atoms with van der Waals surface area (Å²) in [6.45, 7) is 6.47. The maximum atomic E-state index is 12.9. The summed E-state index contributed by atoms with van der Waals surface area (Å²) >= 11 is 0. The Morgan fingerprint density at radius 2 is 1.73 bits per heavy atom. The number of amides is 2. The molecular weight excluding hydrogens is 426 g/mol. The third-order valence-electron chi connectivity index (χ3n) is 6.73. The number of rotatable bonds is 9. The summed E-state index contributed by atoms with van der Waals surface area (Å²) in [4.78, 5) is 29.0. The lowest BCUT2D eigenvalue weighted by Crippen LogP contribution is -2.50. The second-order valence-electron chi connectivity index (χ2n) is 8.70. The molecule has 2 saturated heterocycles. The van der Waals surface area contributed by atoms with Crippen LogP contribution >= 0.6 is 0 Å². The summed E-state index contributed by atoms with van der Waals surface area (Å²) in [5.74, 6) is 0.516. The Hall–Kier alpha value is -2.36. The Morgan fingerprint density at radius 3 is 2.36 bits per heavy atom. The average molecular weight is 464 g/mol. The number of para-hydroxylation sites is 2. The van der Waals surface area contributed by atoms with Crippen LogP contribution in [0.4, 0.5) is 5.69 Å². The molecule has 2 heterocycles. The minimum absolute atomic E-state index is 0.0100. The molecule has 2 aliphatic heterocycles. The van der Waals surface area contributed by atoms with Gasteiger partial charge in [-0.15, -0.1) is 0 Å². The number of methoxy groups -OCH3 is 1. The number of aliphatic hydroxyl groups excluding tert-OH is 2. The van der Waals surface area contributed by atoms with Gasteiger partial charge in [-0.05, 0) is 25.0 Å². The highest BCUT2D eigenvalue weighted by Gasteiger charge is 2.44. The lowest BCUT2D eigenvalue weighted by molar-refractivity contribution is -0.136. The van der Waals surface area contributed by atoms with Gasteiger partial charge in [0.2, 0.25) is 11.8 Å². The first-order valence-electron chi connectivity index (χ1n) is 11.8. The van der Waals surface area contributed by atoms with Crippen molar-refractivity contribution in [3.63, 3.8) is 0 Å². The van der Waals surface area contributed by atoms with E-state index in [1.165, 1.54) is 0 Å². The maximum absolute atomic E-state index is 12.9. The van der Waals surface area contributed by atoms with Crippen molar-refractivity contribution in [1.29, 1.82) is 0 Å². The van der Waals surface area contributed by atoms with Gasteiger partial charge in [0.1, 0.15) is 24.1 Å². The number of aliphatic hydroxyl groups is 2. The molecule has 4 atom stereocenters. The molecule has 3 N–H and O–H groups in total. The molecule has 9 nitrogen and oxygen atoms in total. The van der Waals surface area contributed by atoms with Gasteiger partial charge >= 0.3 is 0 Å². The lowest BCUT2D eigenvalue weighted by atomic mass is 10.0. The number of hydrogen-bond acceptors (Lipinski definition) is 7. The van der Waals surface area contributed by atoms with Gasteiger partial charge in [-0.1, -0.05) is 26.0 Å². The number of hydrogen-bond donors (Lipinski definition) is 3. The van der Waals surface area contributed by atoms with Crippen molar-refractivity contribution in [3.8, 4) is 5.75 Å². The first-order chi connectivity index (χ1) is 15.9. The first kappa shape index (κ1) is 25.3. The van der Waals surface area contributed by atoms with E-state index < -0.39 is 24.4 Å². The second-order valence-corrected chi connectivity index (χ2v) is 8.70. The molecule has 0 aromatic heterocycles. The van der Waals surface area contributed by atoms with E-state index in [1.54, 1.807) is 12.0 Å². The third-order valence-corrected chi connectivity index (χ3v) is 6.73. The van der Waals surface area contributed by atoms with Crippen LogP contribution in [0.1, 0.15) is 33.1 Å². The standard InChI is InChI=1S/C24H37N3O6/c1-4-16(5-2)24(31)25-15-20-23(30)22(29)19(33-20)14-21(28)27-12-10-26(11-13-27)17-8-6-7-9-18(17)32-3/h6-9,16,19-20,22-23,29-30H,4-5,10-15H2,1-3H3,(H,25,31)/t19-,20-,22-,23+/m0/s1. The van der Waals surface area contributed by atoms with Crippen LogP contribution in [0.3, 0.4) is 0 Å². The van der Waals surface area contributed by atoms with Gasteiger partial charge in [-0.2, -0.15) is 0 Å². The van der Waals surface area contributed by atoms with E-state index in [4.69, 9.17) is 9.47 Å². The monoisotopic (exact) mass is 463 g/mol. The zero-order chi connectivity index (χ0) is 24.0. The highest BCUT2D eigenvalue weighted by atomic mass is 16.5. The molecule has 1 aromatic rings. The molecule has 0 spiro atoms. The summed E-state index contributed by atoms with van der Waals surface area (Å²) in [6.07, 6.45) is -2.38. The molecule has 9 heteroatoms. The Labute approximate surface area is 195 Å². The molecule has 3 rings (SSSR count). The van der Waals surface area contributed by atoms with Crippen molar-refractivity contribution < 1.29 is 29.3 Å². The van der Waals surface area contributed by atoms with E-state index in [0.29, 0.717) is 26.2 Å². The second kappa shape index (κ2) is 11.7. The highest BCUT2D eigenvalue weighted by Crippen LogP contribution is 2.29. The smallest absolute Gasteiger partial charge is 0.225 e. The number of carbonyl (C=O) groups excluding carboxylic acids is 2. The van der Waals surface area contributed by atoms with Crippen molar-refractivity contribution in [1.82, 2.24) is 10.2 Å². The number of benzene rings is 1. The number of anilines is 1. The van der Waals surface area contributed by atoms with Crippen molar-refractivity contribution in [2.75, 3.05) is 44.7 Å². The van der Waals surface area contributed by atoms with Crippen LogP contribution in [-0.2, 0) is 14.3 Å². The van der Waals surface area contributed by atoms with Crippen molar-refractivity contribution in [2.24, 2.45) is 5.92 Å². The van der Waals surface area contributed by atoms with Gasteiger partial charge in [-0.3, -0.25) is 9.59 Å². The van der Waals surface area contributed by atoms with E-state index in [2.05, 4.69) is 10.2 Å². The van der Waals surface area contributed by atoms with Crippen LogP contribution in [0.15, 0.2) is 24.3 Å². The van der Waals surface area contributed by atoms with E-state index in [9.17, 15) is 19.8 Å². The molecule has 0 saturated carbocycles. The summed E-state index contributed by atoms with van der Waals surface area (Å²) in [7, 11) is 1.64. The Balaban J connectivity index is 1.49. The number of ether oxygens (including phenoxy) is 2. The minimum atomic E-state index is -1.17. The molecule has 0 unspecified atom stereocenters. The first-order valence-corrected chi connectivity index (χ1v) is 11.8. The number of nitrogens with one attached hydrogen (secondary N) is 1. The van der Waals surface area contributed by atoms with Gasteiger partial charge in [-0.25, -0.2) is 0 Å². The number of piperazine rings is 1. The number of carbonyl (C=O) groups is 2. The fourth-order valence-electron chi connectivity index (χ4n) is 4.56. The molecular formula is C24H37N3O6. The van der Waals surface area contributed by atoms with Crippen LogP contribution in [-0.4, -0.2) is 91.2 Å². The molecule has 1 aromatic carbocycles. The molecule has 33 heavy (non-hydrogen) atoms. The summed E-state index contributed by atoms with van der Waals surface area (Å²) < 4.78 is 11.2. The zero-order valence-corrected chi connectivity index (χ0v) is 19.8. The van der Waals surface area contributed by atoms with Crippen molar-refractivity contribution >= 4 is 17.5 Å². The Bertz CT molecular complexity index is 794. The molecule has 2 amide bonds. The van der Waals surface area contributed by atoms with Gasteiger partial charge in [0.25, 0.3) is 0 Å². The summed E-state index contributed by atoms with van der Waals surface area (Å²) in [5.41, 5.74) is 1.00. The normalized spacial score (nSPS) is 25.4. The van der Waals surface area contributed by atoms with Crippen LogP contribution in [0.2, 0.25) is 0 Å². The van der Waals surface area contributed by atoms with Gasteiger partial charge in [0, 0.05) is 38.6 Å².